The minimum absolute atomic E-state index is 0.00523. The van der Waals surface area contributed by atoms with Crippen molar-refractivity contribution >= 4 is 29.3 Å². The van der Waals surface area contributed by atoms with Gasteiger partial charge in [-0.3, -0.25) is 4.79 Å². The maximum atomic E-state index is 12.8. The molecule has 1 aliphatic heterocycles. The van der Waals surface area contributed by atoms with Gasteiger partial charge in [-0.2, -0.15) is 0 Å². The molecular weight excluding hydrogens is 372 g/mol. The third-order valence-corrected chi connectivity index (χ3v) is 5.40. The van der Waals surface area contributed by atoms with Crippen LogP contribution in [0.25, 0.3) is 0 Å². The van der Waals surface area contributed by atoms with Gasteiger partial charge in [-0.15, -0.1) is 0 Å². The predicted molar refractivity (Wildman–Crippen MR) is 105 cm³/mol. The van der Waals surface area contributed by atoms with Crippen LogP contribution in [0.1, 0.15) is 16.7 Å². The first kappa shape index (κ1) is 17.2. The van der Waals surface area contributed by atoms with Crippen molar-refractivity contribution in [3.8, 4) is 5.88 Å². The van der Waals surface area contributed by atoms with E-state index in [0.29, 0.717) is 24.3 Å². The number of carbonyl (C=O) groups is 2. The maximum absolute atomic E-state index is 12.8. The van der Waals surface area contributed by atoms with Crippen molar-refractivity contribution < 1.29 is 19.4 Å². The number of amides is 1. The van der Waals surface area contributed by atoms with Gasteiger partial charge in [0.25, 0.3) is 0 Å². The van der Waals surface area contributed by atoms with Crippen LogP contribution < -0.4 is 15.4 Å². The van der Waals surface area contributed by atoms with Crippen LogP contribution in [0.2, 0.25) is 0 Å². The first-order valence-corrected chi connectivity index (χ1v) is 9.06. The average molecular weight is 388 g/mol. The summed E-state index contributed by atoms with van der Waals surface area (Å²) < 4.78 is 4.59. The van der Waals surface area contributed by atoms with Crippen LogP contribution in [0.4, 0.5) is 22.0 Å². The smallest absolute Gasteiger partial charge is 0.449 e. The fourth-order valence-corrected chi connectivity index (χ4v) is 4.14. The lowest BCUT2D eigenvalue weighted by Gasteiger charge is -2.20. The molecule has 0 bridgehead atoms. The van der Waals surface area contributed by atoms with Crippen molar-refractivity contribution in [1.82, 2.24) is 9.97 Å². The first-order valence-electron chi connectivity index (χ1n) is 9.06. The van der Waals surface area contributed by atoms with E-state index in [4.69, 9.17) is 5.11 Å². The second-order valence-corrected chi connectivity index (χ2v) is 7.15. The molecule has 3 aromatic rings. The summed E-state index contributed by atoms with van der Waals surface area (Å²) in [5.74, 6) is 0.627. The molecule has 5 rings (SSSR count). The van der Waals surface area contributed by atoms with Crippen LogP contribution in [-0.4, -0.2) is 27.1 Å². The Kier molecular flexibility index (Phi) is 3.73. The lowest BCUT2D eigenvalue weighted by molar-refractivity contribution is -0.120. The quantitative estimate of drug-likeness (QED) is 0.590. The van der Waals surface area contributed by atoms with Gasteiger partial charge in [-0.05, 0) is 48.2 Å². The molecule has 0 radical (unpaired) electrons. The number of benzene rings is 1. The number of fused-ring (bicyclic) bond motifs is 3. The highest BCUT2D eigenvalue weighted by molar-refractivity contribution is 6.06. The monoisotopic (exact) mass is 388 g/mol. The Bertz CT molecular complexity index is 1160. The zero-order valence-electron chi connectivity index (χ0n) is 15.2. The Hall–Kier alpha value is -3.94. The number of rotatable bonds is 3. The van der Waals surface area contributed by atoms with Crippen molar-refractivity contribution in [2.24, 2.45) is 0 Å². The van der Waals surface area contributed by atoms with E-state index in [2.05, 4.69) is 25.3 Å². The number of hydrogen-bond donors (Lipinski definition) is 3. The normalized spacial score (nSPS) is 18.8. The number of carbonyl (C=O) groups excluding carboxylic acids is 1. The minimum atomic E-state index is -1.41. The Morgan fingerprint density at radius 3 is 2.76 bits per heavy atom. The third kappa shape index (κ3) is 2.85. The van der Waals surface area contributed by atoms with Crippen LogP contribution in [-0.2, 0) is 23.1 Å². The van der Waals surface area contributed by atoms with Gasteiger partial charge in [0.15, 0.2) is 0 Å². The first-order chi connectivity index (χ1) is 14.0. The van der Waals surface area contributed by atoms with Gasteiger partial charge in [0.05, 0.1) is 5.41 Å². The lowest BCUT2D eigenvalue weighted by atomic mass is 9.79. The number of ether oxygens (including phenoxy) is 1. The molecule has 1 atom stereocenters. The Balaban J connectivity index is 1.42. The molecule has 0 saturated heterocycles. The summed E-state index contributed by atoms with van der Waals surface area (Å²) in [6.45, 7) is 0. The van der Waals surface area contributed by atoms with Crippen LogP contribution in [0.5, 0.6) is 5.88 Å². The predicted octanol–water partition coefficient (Wildman–Crippen LogP) is 3.27. The van der Waals surface area contributed by atoms with Crippen molar-refractivity contribution in [2.75, 3.05) is 10.6 Å². The zero-order chi connectivity index (χ0) is 20.0. The van der Waals surface area contributed by atoms with Gasteiger partial charge >= 0.3 is 6.16 Å². The molecule has 8 nitrogen and oxygen atoms in total. The van der Waals surface area contributed by atoms with E-state index in [1.807, 2.05) is 30.3 Å². The Labute approximate surface area is 165 Å². The van der Waals surface area contributed by atoms with Crippen LogP contribution in [0.3, 0.4) is 0 Å². The van der Waals surface area contributed by atoms with Gasteiger partial charge in [-0.25, -0.2) is 14.8 Å². The maximum Gasteiger partial charge on any atom is 0.512 e. The summed E-state index contributed by atoms with van der Waals surface area (Å²) in [4.78, 5) is 31.6. The third-order valence-electron chi connectivity index (χ3n) is 5.40. The molecule has 1 aromatic carbocycles. The van der Waals surface area contributed by atoms with E-state index in [-0.39, 0.29) is 11.8 Å². The minimum Gasteiger partial charge on any atom is -0.449 e. The van der Waals surface area contributed by atoms with E-state index < -0.39 is 11.6 Å². The molecule has 3 N–H and O–H groups in total. The average Bonchev–Trinajstić information content (AvgIpc) is 3.20. The highest BCUT2D eigenvalue weighted by atomic mass is 16.7. The fraction of sp³-hybridized carbons (Fsp3) is 0.143. The molecule has 2 aromatic heterocycles. The van der Waals surface area contributed by atoms with Crippen LogP contribution in [0.15, 0.2) is 54.9 Å². The van der Waals surface area contributed by atoms with Gasteiger partial charge in [0, 0.05) is 35.4 Å². The lowest BCUT2D eigenvalue weighted by Crippen LogP contribution is -2.35. The van der Waals surface area contributed by atoms with E-state index in [9.17, 15) is 9.59 Å². The topological polar surface area (TPSA) is 113 Å². The molecule has 1 aliphatic carbocycles. The van der Waals surface area contributed by atoms with Gasteiger partial charge in [0.2, 0.25) is 11.8 Å². The Morgan fingerprint density at radius 2 is 1.90 bits per heavy atom. The molecule has 144 valence electrons. The standard InChI is InChI=1S/C21H16N4O4/c26-19-21(16-2-1-6-23-18(16)25-19)10-12-3-4-14(8-13(12)11-21)24-15-5-7-22-17(9-15)29-20(27)28/h1-9H,10-11H2,(H,22,24)(H,27,28)(H,23,25,26). The van der Waals surface area contributed by atoms with Crippen molar-refractivity contribution in [1.29, 1.82) is 0 Å². The van der Waals surface area contributed by atoms with Crippen molar-refractivity contribution in [3.63, 3.8) is 0 Å². The molecule has 3 heterocycles. The fourth-order valence-electron chi connectivity index (χ4n) is 4.14. The van der Waals surface area contributed by atoms with Crippen molar-refractivity contribution in [3.05, 3.63) is 71.5 Å². The summed E-state index contributed by atoms with van der Waals surface area (Å²) in [5.41, 5.74) is 4.05. The van der Waals surface area contributed by atoms with E-state index in [1.54, 1.807) is 12.3 Å². The van der Waals surface area contributed by atoms with Crippen LogP contribution in [0, 0.1) is 0 Å². The van der Waals surface area contributed by atoms with Crippen molar-refractivity contribution in [2.45, 2.75) is 18.3 Å². The summed E-state index contributed by atoms with van der Waals surface area (Å²) in [7, 11) is 0. The second kappa shape index (κ2) is 6.30. The van der Waals surface area contributed by atoms with E-state index in [0.717, 1.165) is 22.4 Å². The number of aromatic nitrogens is 2. The molecule has 1 unspecified atom stereocenters. The van der Waals surface area contributed by atoms with E-state index in [1.165, 1.54) is 12.3 Å². The van der Waals surface area contributed by atoms with Gasteiger partial charge in [-0.1, -0.05) is 12.1 Å². The molecule has 2 aliphatic rings. The second-order valence-electron chi connectivity index (χ2n) is 7.15. The number of pyridine rings is 2. The van der Waals surface area contributed by atoms with Crippen LogP contribution >= 0.6 is 0 Å². The molecule has 8 heteroatoms. The summed E-state index contributed by atoms with van der Waals surface area (Å²) in [5, 5.41) is 14.9. The number of carboxylic acid groups (broad SMARTS) is 1. The number of nitrogens with zero attached hydrogens (tertiary/aromatic N) is 2. The zero-order valence-corrected chi connectivity index (χ0v) is 15.2. The highest BCUT2D eigenvalue weighted by Gasteiger charge is 2.50. The highest BCUT2D eigenvalue weighted by Crippen LogP contribution is 2.47. The molecule has 1 spiro atoms. The largest absolute Gasteiger partial charge is 0.512 e. The molecule has 1 amide bonds. The SMILES string of the molecule is O=C(O)Oc1cc(Nc2ccc3c(c2)CC2(C3)C(=O)Nc3ncccc32)ccn1. The summed E-state index contributed by atoms with van der Waals surface area (Å²) in [6, 6.07) is 13.0. The Morgan fingerprint density at radius 1 is 1.07 bits per heavy atom. The number of anilines is 3. The number of hydrogen-bond acceptors (Lipinski definition) is 6. The number of nitrogens with one attached hydrogen (secondary N) is 2. The molecule has 0 fully saturated rings. The molecule has 29 heavy (non-hydrogen) atoms. The van der Waals surface area contributed by atoms with Gasteiger partial charge in [0.1, 0.15) is 5.82 Å². The molecular formula is C21H16N4O4. The summed E-state index contributed by atoms with van der Waals surface area (Å²) >= 11 is 0. The van der Waals surface area contributed by atoms with Gasteiger partial charge < -0.3 is 20.5 Å². The summed E-state index contributed by atoms with van der Waals surface area (Å²) in [6.07, 6.45) is 2.97. The molecule has 0 saturated carbocycles. The van der Waals surface area contributed by atoms with E-state index >= 15 is 0 Å².